The first-order valence-corrected chi connectivity index (χ1v) is 19.6. The highest BCUT2D eigenvalue weighted by atomic mass is 35.5. The molecule has 2 saturated carbocycles. The predicted molar refractivity (Wildman–Crippen MR) is 212 cm³/mol. The number of hydrogen-bond acceptors (Lipinski definition) is 10. The van der Waals surface area contributed by atoms with Crippen molar-refractivity contribution in [3.8, 4) is 34.6 Å². The molecule has 2 aromatic heterocycles. The Morgan fingerprint density at radius 2 is 1.02 bits per heavy atom. The highest BCUT2D eigenvalue weighted by Crippen LogP contribution is 2.35. The minimum atomic E-state index is -0.352. The lowest BCUT2D eigenvalue weighted by molar-refractivity contribution is 0.0899. The maximum absolute atomic E-state index is 10.4. The van der Waals surface area contributed by atoms with Crippen molar-refractivity contribution in [2.45, 2.75) is 116 Å². The van der Waals surface area contributed by atoms with E-state index in [0.29, 0.717) is 46.7 Å². The number of ether oxygens (including phenoxy) is 4. The van der Waals surface area contributed by atoms with E-state index >= 15 is 0 Å². The van der Waals surface area contributed by atoms with Crippen LogP contribution >= 0.6 is 23.2 Å². The highest BCUT2D eigenvalue weighted by Gasteiger charge is 2.25. The molecule has 4 aromatic rings. The summed E-state index contributed by atoms with van der Waals surface area (Å²) < 4.78 is 23.6. The number of halogens is 2. The lowest BCUT2D eigenvalue weighted by atomic mass is 9.92. The number of aliphatic hydroxyl groups excluding tert-OH is 2. The Morgan fingerprint density at radius 1 is 0.611 bits per heavy atom. The fourth-order valence-electron chi connectivity index (χ4n) is 7.53. The third-order valence-electron chi connectivity index (χ3n) is 10.8. The molecule has 2 heterocycles. The molecule has 4 atom stereocenters. The number of rotatable bonds is 15. The summed E-state index contributed by atoms with van der Waals surface area (Å²) in [7, 11) is 3.16. The van der Waals surface area contributed by atoms with Crippen LogP contribution < -0.4 is 29.6 Å². The van der Waals surface area contributed by atoms with Crippen molar-refractivity contribution >= 4 is 23.2 Å². The summed E-state index contributed by atoms with van der Waals surface area (Å²) in [6, 6.07) is 16.1. The molecule has 0 amide bonds. The molecule has 0 saturated heterocycles. The zero-order valence-electron chi connectivity index (χ0n) is 31.6. The first kappa shape index (κ1) is 40.0. The van der Waals surface area contributed by atoms with Crippen molar-refractivity contribution in [1.82, 2.24) is 20.6 Å². The SMILES string of the molecule is COc1nc(OCc2cccc(-c3cccc(COc4nc(OC)c(CN[C@H]5CCCC[C@@H]5O)cc4Cl)c3C)c2C)c(Cl)cc1CNC1CCCC[C@@H]1O. The van der Waals surface area contributed by atoms with Crippen LogP contribution in [0.2, 0.25) is 10.0 Å². The van der Waals surface area contributed by atoms with Gasteiger partial charge in [-0.1, -0.05) is 85.3 Å². The van der Waals surface area contributed by atoms with E-state index in [4.69, 9.17) is 42.1 Å². The molecule has 10 nitrogen and oxygen atoms in total. The third-order valence-corrected chi connectivity index (χ3v) is 11.4. The second kappa shape index (κ2) is 18.8. The molecule has 2 aromatic carbocycles. The van der Waals surface area contributed by atoms with Crippen LogP contribution in [-0.4, -0.2) is 58.7 Å². The van der Waals surface area contributed by atoms with Crippen molar-refractivity contribution in [3.05, 3.63) is 92.0 Å². The fourth-order valence-corrected chi connectivity index (χ4v) is 7.99. The molecular weight excluding hydrogens is 727 g/mol. The number of aromatic nitrogens is 2. The van der Waals surface area contributed by atoms with Crippen LogP contribution in [0, 0.1) is 13.8 Å². The van der Waals surface area contributed by atoms with Gasteiger partial charge in [0.05, 0.1) is 26.4 Å². The van der Waals surface area contributed by atoms with Gasteiger partial charge in [0.2, 0.25) is 23.5 Å². The van der Waals surface area contributed by atoms with Crippen LogP contribution in [0.5, 0.6) is 23.5 Å². The lowest BCUT2D eigenvalue weighted by Crippen LogP contribution is -2.41. The molecule has 2 aliphatic rings. The number of nitrogens with zero attached hydrogens (tertiary/aromatic N) is 2. The summed E-state index contributed by atoms with van der Waals surface area (Å²) in [5.41, 5.74) is 7.93. The van der Waals surface area contributed by atoms with Crippen molar-refractivity contribution in [3.63, 3.8) is 0 Å². The van der Waals surface area contributed by atoms with Gasteiger partial charge in [-0.15, -0.1) is 0 Å². The summed E-state index contributed by atoms with van der Waals surface area (Å²) in [4.78, 5) is 9.19. The van der Waals surface area contributed by atoms with Crippen LogP contribution in [-0.2, 0) is 26.3 Å². The Bertz CT molecular complexity index is 1760. The maximum atomic E-state index is 10.4. The Kier molecular flexibility index (Phi) is 13.9. The number of nitrogens with one attached hydrogen (secondary N) is 2. The molecule has 0 spiro atoms. The van der Waals surface area contributed by atoms with Gasteiger partial charge in [-0.3, -0.25) is 0 Å². The van der Waals surface area contributed by atoms with Crippen molar-refractivity contribution < 1.29 is 29.2 Å². The van der Waals surface area contributed by atoms with Crippen LogP contribution in [0.1, 0.15) is 84.7 Å². The average molecular weight is 780 g/mol. The Hall–Kier alpha value is -3.64. The standard InChI is InChI=1S/C42H52Cl2N4O6/c1-25-27(23-53-41-33(43)19-29(39(47-41)51-3)21-45-35-15-5-7-17-37(35)49)11-9-13-31(25)32-14-10-12-28(26(32)2)24-54-42-34(44)20-30(40(48-42)52-4)22-46-36-16-6-8-18-38(36)50/h9-14,19-20,35-38,45-46,49-50H,5-8,15-18,21-24H2,1-4H3/t35-,36?,37-,38-/m0/s1. The monoisotopic (exact) mass is 778 g/mol. The smallest absolute Gasteiger partial charge is 0.236 e. The average Bonchev–Trinajstić information content (AvgIpc) is 3.17. The number of benzene rings is 2. The van der Waals surface area contributed by atoms with E-state index in [-0.39, 0.29) is 37.5 Å². The minimum Gasteiger partial charge on any atom is -0.481 e. The Balaban J connectivity index is 1.12. The zero-order chi connectivity index (χ0) is 38.2. The normalized spacial score (nSPS) is 20.1. The predicted octanol–water partition coefficient (Wildman–Crippen LogP) is 8.03. The molecule has 0 bridgehead atoms. The molecule has 6 rings (SSSR count). The third kappa shape index (κ3) is 9.59. The second-order valence-corrected chi connectivity index (χ2v) is 15.1. The molecule has 2 fully saturated rings. The quantitative estimate of drug-likeness (QED) is 0.0943. The van der Waals surface area contributed by atoms with E-state index in [1.807, 2.05) is 36.4 Å². The van der Waals surface area contributed by atoms with E-state index in [2.05, 4.69) is 46.6 Å². The Labute approximate surface area is 328 Å². The van der Waals surface area contributed by atoms with Gasteiger partial charge in [0, 0.05) is 36.3 Å². The summed E-state index contributed by atoms with van der Waals surface area (Å²) in [5.74, 6) is 1.47. The van der Waals surface area contributed by atoms with Gasteiger partial charge in [0.1, 0.15) is 23.3 Å². The molecule has 4 N–H and O–H groups in total. The van der Waals surface area contributed by atoms with Crippen molar-refractivity contribution in [2.24, 2.45) is 0 Å². The first-order valence-electron chi connectivity index (χ1n) is 18.9. The molecule has 0 radical (unpaired) electrons. The molecule has 54 heavy (non-hydrogen) atoms. The van der Waals surface area contributed by atoms with E-state index in [0.717, 1.165) is 95.9 Å². The summed E-state index contributed by atoms with van der Waals surface area (Å²) in [6.07, 6.45) is 7.10. The van der Waals surface area contributed by atoms with Crippen LogP contribution in [0.3, 0.4) is 0 Å². The summed E-state index contributed by atoms with van der Waals surface area (Å²) >= 11 is 13.3. The zero-order valence-corrected chi connectivity index (χ0v) is 33.1. The summed E-state index contributed by atoms with van der Waals surface area (Å²) in [5, 5.41) is 28.4. The topological polar surface area (TPSA) is 127 Å². The molecule has 0 aliphatic heterocycles. The van der Waals surface area contributed by atoms with Gasteiger partial charge in [-0.05, 0) is 85.0 Å². The van der Waals surface area contributed by atoms with Gasteiger partial charge in [-0.25, -0.2) is 0 Å². The molecular formula is C42H52Cl2N4O6. The van der Waals surface area contributed by atoms with Crippen molar-refractivity contribution in [1.29, 1.82) is 0 Å². The van der Waals surface area contributed by atoms with Crippen LogP contribution in [0.25, 0.3) is 11.1 Å². The van der Waals surface area contributed by atoms with Crippen LogP contribution in [0.4, 0.5) is 0 Å². The number of hydrogen-bond donors (Lipinski definition) is 4. The van der Waals surface area contributed by atoms with Gasteiger partial charge in [0.15, 0.2) is 0 Å². The molecule has 2 aliphatic carbocycles. The van der Waals surface area contributed by atoms with Gasteiger partial charge >= 0.3 is 0 Å². The van der Waals surface area contributed by atoms with E-state index in [1.54, 1.807) is 14.2 Å². The molecule has 12 heteroatoms. The second-order valence-electron chi connectivity index (χ2n) is 14.3. The number of pyridine rings is 2. The number of aliphatic hydroxyl groups is 2. The van der Waals surface area contributed by atoms with E-state index < -0.39 is 0 Å². The van der Waals surface area contributed by atoms with Gasteiger partial charge in [-0.2, -0.15) is 9.97 Å². The largest absolute Gasteiger partial charge is 0.481 e. The Morgan fingerprint density at radius 3 is 1.41 bits per heavy atom. The summed E-state index contributed by atoms with van der Waals surface area (Å²) in [6.45, 7) is 5.67. The van der Waals surface area contributed by atoms with E-state index in [9.17, 15) is 10.2 Å². The maximum Gasteiger partial charge on any atom is 0.236 e. The van der Waals surface area contributed by atoms with E-state index in [1.165, 1.54) is 0 Å². The molecule has 290 valence electrons. The van der Waals surface area contributed by atoms with Gasteiger partial charge < -0.3 is 39.8 Å². The highest BCUT2D eigenvalue weighted by molar-refractivity contribution is 6.32. The minimum absolute atomic E-state index is 0.0401. The van der Waals surface area contributed by atoms with Crippen molar-refractivity contribution in [2.75, 3.05) is 14.2 Å². The van der Waals surface area contributed by atoms with Crippen LogP contribution in [0.15, 0.2) is 48.5 Å². The lowest BCUT2D eigenvalue weighted by Gasteiger charge is -2.28. The molecule has 1 unspecified atom stereocenters. The number of methoxy groups -OCH3 is 2. The van der Waals surface area contributed by atoms with Gasteiger partial charge in [0.25, 0.3) is 0 Å². The fraction of sp³-hybridized carbons (Fsp3) is 0.476. The first-order chi connectivity index (χ1) is 26.2.